The van der Waals surface area contributed by atoms with Gasteiger partial charge in [0.2, 0.25) is 0 Å². The molecule has 1 heterocycles. The lowest BCUT2D eigenvalue weighted by molar-refractivity contribution is 0.214. The molecule has 1 fully saturated rings. The fraction of sp³-hybridized carbons (Fsp3) is 0.278. The molecule has 23 heavy (non-hydrogen) atoms. The van der Waals surface area contributed by atoms with Crippen molar-refractivity contribution in [1.29, 1.82) is 0 Å². The molecular formula is C18H19BrN2OS. The molecule has 2 aromatic carbocycles. The highest BCUT2D eigenvalue weighted by Crippen LogP contribution is 2.40. The fourth-order valence-corrected chi connectivity index (χ4v) is 4.52. The maximum atomic E-state index is 12.7. The molecule has 0 aromatic heterocycles. The number of anilines is 1. The molecule has 1 saturated heterocycles. The quantitative estimate of drug-likeness (QED) is 0.749. The zero-order valence-corrected chi connectivity index (χ0v) is 15.6. The first kappa shape index (κ1) is 16.4. The Hall–Kier alpha value is -1.46. The second-order valence-electron chi connectivity index (χ2n) is 5.69. The van der Waals surface area contributed by atoms with Crippen LogP contribution in [0.5, 0.6) is 0 Å². The Kier molecular flexibility index (Phi) is 4.97. The number of carbonyl (C=O) groups is 1. The van der Waals surface area contributed by atoms with Gasteiger partial charge in [0.25, 0.3) is 0 Å². The Labute approximate surface area is 149 Å². The molecule has 0 spiro atoms. The second kappa shape index (κ2) is 6.97. The van der Waals surface area contributed by atoms with E-state index in [1.165, 1.54) is 16.7 Å². The first-order valence-corrected chi connectivity index (χ1v) is 9.41. The number of rotatable bonds is 2. The van der Waals surface area contributed by atoms with E-state index < -0.39 is 0 Å². The van der Waals surface area contributed by atoms with E-state index in [2.05, 4.69) is 53.3 Å². The number of urea groups is 1. The van der Waals surface area contributed by atoms with E-state index >= 15 is 0 Å². The lowest BCUT2D eigenvalue weighted by atomic mass is 10.1. The molecular weight excluding hydrogens is 372 g/mol. The predicted molar refractivity (Wildman–Crippen MR) is 101 cm³/mol. The summed E-state index contributed by atoms with van der Waals surface area (Å²) in [5.74, 6) is 0.960. The lowest BCUT2D eigenvalue weighted by Gasteiger charge is -2.26. The van der Waals surface area contributed by atoms with Crippen LogP contribution in [-0.2, 0) is 0 Å². The number of nitrogens with zero attached hydrogens (tertiary/aromatic N) is 1. The molecule has 3 nitrogen and oxygen atoms in total. The number of aryl methyl sites for hydroxylation is 2. The monoisotopic (exact) mass is 390 g/mol. The van der Waals surface area contributed by atoms with E-state index in [0.717, 1.165) is 22.5 Å². The van der Waals surface area contributed by atoms with Gasteiger partial charge >= 0.3 is 6.03 Å². The van der Waals surface area contributed by atoms with Gasteiger partial charge in [0, 0.05) is 16.8 Å². The normalized spacial score (nSPS) is 17.3. The minimum absolute atomic E-state index is 0.0492. The largest absolute Gasteiger partial charge is 0.323 e. The van der Waals surface area contributed by atoms with Crippen LogP contribution < -0.4 is 5.32 Å². The van der Waals surface area contributed by atoms with Crippen LogP contribution in [0.1, 0.15) is 22.1 Å². The molecule has 0 saturated carbocycles. The van der Waals surface area contributed by atoms with Crippen molar-refractivity contribution in [3.63, 3.8) is 0 Å². The van der Waals surface area contributed by atoms with Gasteiger partial charge in [0.15, 0.2) is 0 Å². The third-order valence-electron chi connectivity index (χ3n) is 3.96. The van der Waals surface area contributed by atoms with E-state index in [1.54, 1.807) is 0 Å². The maximum Gasteiger partial charge on any atom is 0.323 e. The third-order valence-corrected chi connectivity index (χ3v) is 5.89. The van der Waals surface area contributed by atoms with Crippen LogP contribution >= 0.6 is 27.7 Å². The van der Waals surface area contributed by atoms with E-state index in [0.29, 0.717) is 0 Å². The number of benzene rings is 2. The van der Waals surface area contributed by atoms with Gasteiger partial charge in [-0.15, -0.1) is 11.8 Å². The van der Waals surface area contributed by atoms with E-state index in [-0.39, 0.29) is 11.4 Å². The molecule has 5 heteroatoms. The Balaban J connectivity index is 1.81. The number of halogens is 1. The molecule has 2 amide bonds. The first-order chi connectivity index (χ1) is 11.1. The number of hydrogen-bond donors (Lipinski definition) is 1. The van der Waals surface area contributed by atoms with Crippen molar-refractivity contribution in [2.24, 2.45) is 0 Å². The Bertz CT molecular complexity index is 735. The second-order valence-corrected chi connectivity index (χ2v) is 7.73. The summed E-state index contributed by atoms with van der Waals surface area (Å²) in [7, 11) is 0. The highest BCUT2D eigenvalue weighted by atomic mass is 79.9. The Morgan fingerprint density at radius 3 is 2.78 bits per heavy atom. The molecule has 1 aliphatic heterocycles. The fourth-order valence-electron chi connectivity index (χ4n) is 2.79. The summed E-state index contributed by atoms with van der Waals surface area (Å²) >= 11 is 5.29. The van der Waals surface area contributed by atoms with Gasteiger partial charge < -0.3 is 10.2 Å². The summed E-state index contributed by atoms with van der Waals surface area (Å²) in [6.45, 7) is 4.97. The van der Waals surface area contributed by atoms with Crippen LogP contribution in [0.15, 0.2) is 46.9 Å². The van der Waals surface area contributed by atoms with Crippen LogP contribution in [0.25, 0.3) is 0 Å². The van der Waals surface area contributed by atoms with Crippen molar-refractivity contribution < 1.29 is 4.79 Å². The topological polar surface area (TPSA) is 32.3 Å². The van der Waals surface area contributed by atoms with E-state index in [9.17, 15) is 4.79 Å². The molecule has 1 atom stereocenters. The minimum Gasteiger partial charge on any atom is -0.308 e. The van der Waals surface area contributed by atoms with Crippen molar-refractivity contribution in [1.82, 2.24) is 4.90 Å². The lowest BCUT2D eigenvalue weighted by Crippen LogP contribution is -2.34. The number of hydrogen-bond acceptors (Lipinski definition) is 2. The standard InChI is InChI=1S/C18H19BrN2OS/c1-12-7-8-14(13(2)11-12)17-21(9-10-23-17)18(22)20-16-6-4-3-5-15(16)19/h3-8,11,17H,9-10H2,1-2H3,(H,20,22)/t17-/m1/s1. The SMILES string of the molecule is Cc1ccc([C@H]2SCCN2C(=O)Nc2ccccc2Br)c(C)c1. The van der Waals surface area contributed by atoms with Crippen LogP contribution in [0.2, 0.25) is 0 Å². The third kappa shape index (κ3) is 3.56. The Morgan fingerprint density at radius 1 is 1.26 bits per heavy atom. The van der Waals surface area contributed by atoms with Crippen molar-refractivity contribution in [2.45, 2.75) is 19.2 Å². The zero-order valence-electron chi connectivity index (χ0n) is 13.2. The van der Waals surface area contributed by atoms with Gasteiger partial charge in [0.05, 0.1) is 5.69 Å². The summed E-state index contributed by atoms with van der Waals surface area (Å²) < 4.78 is 0.892. The number of carbonyl (C=O) groups excluding carboxylic acids is 1. The van der Waals surface area contributed by atoms with Crippen LogP contribution in [-0.4, -0.2) is 23.2 Å². The molecule has 1 N–H and O–H groups in total. The van der Waals surface area contributed by atoms with Crippen LogP contribution in [0, 0.1) is 13.8 Å². The van der Waals surface area contributed by atoms with Crippen molar-refractivity contribution in [3.8, 4) is 0 Å². The van der Waals surface area contributed by atoms with Gasteiger partial charge in [-0.1, -0.05) is 35.9 Å². The van der Waals surface area contributed by atoms with Gasteiger partial charge in [-0.2, -0.15) is 0 Å². The van der Waals surface area contributed by atoms with Gasteiger partial charge in [-0.25, -0.2) is 4.79 Å². The number of thioether (sulfide) groups is 1. The molecule has 0 unspecified atom stereocenters. The van der Waals surface area contributed by atoms with Crippen LogP contribution in [0.4, 0.5) is 10.5 Å². The molecule has 0 radical (unpaired) electrons. The summed E-state index contributed by atoms with van der Waals surface area (Å²) in [4.78, 5) is 14.6. The Morgan fingerprint density at radius 2 is 2.04 bits per heavy atom. The molecule has 0 bridgehead atoms. The zero-order chi connectivity index (χ0) is 16.4. The van der Waals surface area contributed by atoms with Crippen LogP contribution in [0.3, 0.4) is 0 Å². The number of amides is 2. The van der Waals surface area contributed by atoms with Crippen molar-refractivity contribution in [2.75, 3.05) is 17.6 Å². The molecule has 3 rings (SSSR count). The van der Waals surface area contributed by atoms with E-state index in [1.807, 2.05) is 40.9 Å². The molecule has 1 aliphatic rings. The minimum atomic E-state index is -0.0492. The smallest absolute Gasteiger partial charge is 0.308 e. The van der Waals surface area contributed by atoms with E-state index in [4.69, 9.17) is 0 Å². The number of nitrogens with one attached hydrogen (secondary N) is 1. The van der Waals surface area contributed by atoms with Gasteiger partial charge in [0.1, 0.15) is 5.37 Å². The molecule has 2 aromatic rings. The summed E-state index contributed by atoms with van der Waals surface area (Å²) in [6, 6.07) is 14.1. The molecule has 120 valence electrons. The number of para-hydroxylation sites is 1. The molecule has 0 aliphatic carbocycles. The van der Waals surface area contributed by atoms with Gasteiger partial charge in [-0.3, -0.25) is 0 Å². The predicted octanol–water partition coefficient (Wildman–Crippen LogP) is 5.35. The maximum absolute atomic E-state index is 12.7. The van der Waals surface area contributed by atoms with Crippen molar-refractivity contribution in [3.05, 3.63) is 63.6 Å². The average molecular weight is 391 g/mol. The van der Waals surface area contributed by atoms with Gasteiger partial charge in [-0.05, 0) is 53.0 Å². The summed E-state index contributed by atoms with van der Waals surface area (Å²) in [5, 5.41) is 3.09. The first-order valence-electron chi connectivity index (χ1n) is 7.57. The average Bonchev–Trinajstić information content (AvgIpc) is 2.99. The summed E-state index contributed by atoms with van der Waals surface area (Å²) in [5.41, 5.74) is 4.51. The van der Waals surface area contributed by atoms with Crippen molar-refractivity contribution >= 4 is 39.4 Å². The highest BCUT2D eigenvalue weighted by molar-refractivity contribution is 9.10. The highest BCUT2D eigenvalue weighted by Gasteiger charge is 2.31. The summed E-state index contributed by atoms with van der Waals surface area (Å²) in [6.07, 6.45) is 0.